The maximum Gasteiger partial charge on any atom is 0.267 e. The van der Waals surface area contributed by atoms with Crippen molar-refractivity contribution in [3.8, 4) is 11.1 Å². The lowest BCUT2D eigenvalue weighted by atomic mass is 10.0. The quantitative estimate of drug-likeness (QED) is 0.336. The maximum atomic E-state index is 13.2. The van der Waals surface area contributed by atoms with E-state index >= 15 is 0 Å². The van der Waals surface area contributed by atoms with Crippen LogP contribution in [0.1, 0.15) is 11.1 Å². The molecule has 4 N–H and O–H groups in total. The van der Waals surface area contributed by atoms with Crippen LogP contribution in [0, 0.1) is 0 Å². The Morgan fingerprint density at radius 2 is 1.86 bits per heavy atom. The molecule has 1 heterocycles. The van der Waals surface area contributed by atoms with Crippen molar-refractivity contribution in [2.75, 3.05) is 0 Å². The number of nitrogens with two attached hydrogens (primary N) is 1. The van der Waals surface area contributed by atoms with E-state index in [1.165, 1.54) is 23.9 Å². The van der Waals surface area contributed by atoms with Gasteiger partial charge in [0.2, 0.25) is 0 Å². The Kier molecular flexibility index (Phi) is 5.74. The first-order valence-electron chi connectivity index (χ1n) is 8.40. The molecule has 7 nitrogen and oxygen atoms in total. The minimum absolute atomic E-state index is 0.0777. The van der Waals surface area contributed by atoms with E-state index in [9.17, 15) is 13.2 Å². The minimum atomic E-state index is -3.88. The highest BCUT2D eigenvalue weighted by Crippen LogP contribution is 2.27. The summed E-state index contributed by atoms with van der Waals surface area (Å²) in [5.74, 6) is -0.711. The summed E-state index contributed by atoms with van der Waals surface area (Å²) < 4.78 is 27.4. The van der Waals surface area contributed by atoms with Gasteiger partial charge in [-0.15, -0.1) is 0 Å². The SMILES string of the molecule is NCc1ccc(-c2ccccc2)cc1S(=O)(=O)n1ccc(/C=C/C(=O)NO)c1. The molecule has 3 aromatic rings. The van der Waals surface area contributed by atoms with E-state index in [2.05, 4.69) is 0 Å². The number of rotatable bonds is 6. The highest BCUT2D eigenvalue weighted by molar-refractivity contribution is 7.90. The van der Waals surface area contributed by atoms with Crippen molar-refractivity contribution in [3.63, 3.8) is 0 Å². The van der Waals surface area contributed by atoms with Gasteiger partial charge in [0.1, 0.15) is 0 Å². The lowest BCUT2D eigenvalue weighted by Crippen LogP contribution is -2.15. The van der Waals surface area contributed by atoms with Crippen molar-refractivity contribution in [1.82, 2.24) is 9.45 Å². The molecule has 0 aliphatic heterocycles. The number of hydrogen-bond acceptors (Lipinski definition) is 5. The van der Waals surface area contributed by atoms with E-state index in [0.29, 0.717) is 11.1 Å². The summed E-state index contributed by atoms with van der Waals surface area (Å²) in [6, 6.07) is 16.2. The van der Waals surface area contributed by atoms with Crippen LogP contribution >= 0.6 is 0 Å². The molecule has 1 amide bonds. The number of nitrogens with zero attached hydrogens (tertiary/aromatic N) is 1. The molecule has 144 valence electrons. The predicted molar refractivity (Wildman–Crippen MR) is 106 cm³/mol. The molecule has 8 heteroatoms. The van der Waals surface area contributed by atoms with E-state index in [1.54, 1.807) is 18.2 Å². The van der Waals surface area contributed by atoms with Crippen molar-refractivity contribution in [1.29, 1.82) is 0 Å². The zero-order valence-electron chi connectivity index (χ0n) is 14.8. The van der Waals surface area contributed by atoms with Crippen LogP contribution in [-0.2, 0) is 21.4 Å². The third-order valence-corrected chi connectivity index (χ3v) is 5.90. The number of hydrogen-bond donors (Lipinski definition) is 3. The molecule has 2 aromatic carbocycles. The molecule has 0 fully saturated rings. The van der Waals surface area contributed by atoms with Gasteiger partial charge in [-0.1, -0.05) is 42.5 Å². The number of aromatic nitrogens is 1. The molecule has 3 rings (SSSR count). The Bertz CT molecular complexity index is 1120. The number of carbonyl (C=O) groups excluding carboxylic acids is 1. The van der Waals surface area contributed by atoms with Gasteiger partial charge in [0.15, 0.2) is 0 Å². The van der Waals surface area contributed by atoms with E-state index in [4.69, 9.17) is 10.9 Å². The van der Waals surface area contributed by atoms with E-state index in [-0.39, 0.29) is 11.4 Å². The Balaban J connectivity index is 2.03. The van der Waals surface area contributed by atoms with Crippen LogP contribution in [0.3, 0.4) is 0 Å². The topological polar surface area (TPSA) is 114 Å². The predicted octanol–water partition coefficient (Wildman–Crippen LogP) is 2.37. The second kappa shape index (κ2) is 8.22. The molecular weight excluding hydrogens is 378 g/mol. The van der Waals surface area contributed by atoms with Crippen molar-refractivity contribution < 1.29 is 18.4 Å². The molecule has 0 aliphatic rings. The standard InChI is InChI=1S/C20H19N3O4S/c21-13-18-8-7-17(16-4-2-1-3-5-16)12-19(18)28(26,27)23-11-10-15(14-23)6-9-20(24)22-25/h1-12,14,25H,13,21H2,(H,22,24)/b9-6+. The van der Waals surface area contributed by atoms with Crippen LogP contribution < -0.4 is 11.2 Å². The zero-order chi connectivity index (χ0) is 20.1. The van der Waals surface area contributed by atoms with Crippen LogP contribution in [0.25, 0.3) is 17.2 Å². The molecule has 0 bridgehead atoms. The van der Waals surface area contributed by atoms with Crippen LogP contribution in [0.4, 0.5) is 0 Å². The van der Waals surface area contributed by atoms with Crippen molar-refractivity contribution in [3.05, 3.63) is 84.2 Å². The molecule has 0 spiro atoms. The first-order chi connectivity index (χ1) is 13.5. The lowest BCUT2D eigenvalue weighted by Gasteiger charge is -2.12. The number of carbonyl (C=O) groups is 1. The summed E-state index contributed by atoms with van der Waals surface area (Å²) in [4.78, 5) is 11.2. The van der Waals surface area contributed by atoms with Crippen molar-refractivity contribution in [2.45, 2.75) is 11.4 Å². The second-order valence-corrected chi connectivity index (χ2v) is 7.79. The Morgan fingerprint density at radius 1 is 1.11 bits per heavy atom. The number of benzene rings is 2. The Hall–Kier alpha value is -3.20. The summed E-state index contributed by atoms with van der Waals surface area (Å²) in [6.07, 6.45) is 5.25. The smallest absolute Gasteiger partial charge is 0.267 e. The Labute approximate surface area is 162 Å². The van der Waals surface area contributed by atoms with Gasteiger partial charge in [0.05, 0.1) is 4.90 Å². The second-order valence-electron chi connectivity index (χ2n) is 5.98. The molecule has 0 unspecified atom stereocenters. The van der Waals surface area contributed by atoms with Gasteiger partial charge >= 0.3 is 0 Å². The van der Waals surface area contributed by atoms with E-state index in [1.807, 2.05) is 36.4 Å². The third kappa shape index (κ3) is 4.04. The highest BCUT2D eigenvalue weighted by atomic mass is 32.2. The van der Waals surface area contributed by atoms with Crippen LogP contribution in [0.2, 0.25) is 0 Å². The van der Waals surface area contributed by atoms with Gasteiger partial charge in [-0.25, -0.2) is 17.9 Å². The van der Waals surface area contributed by atoms with E-state index in [0.717, 1.165) is 21.2 Å². The molecule has 0 saturated heterocycles. The fourth-order valence-corrected chi connectivity index (χ4v) is 4.20. The molecule has 0 aliphatic carbocycles. The summed E-state index contributed by atoms with van der Waals surface area (Å²) in [5, 5.41) is 8.51. The number of amides is 1. The van der Waals surface area contributed by atoms with Gasteiger partial charge in [-0.3, -0.25) is 10.0 Å². The van der Waals surface area contributed by atoms with Crippen LogP contribution in [-0.4, -0.2) is 23.5 Å². The normalized spacial score (nSPS) is 11.6. The fourth-order valence-electron chi connectivity index (χ4n) is 2.74. The average Bonchev–Trinajstić information content (AvgIpc) is 3.22. The number of hydroxylamine groups is 1. The lowest BCUT2D eigenvalue weighted by molar-refractivity contribution is -0.124. The number of nitrogens with one attached hydrogen (secondary N) is 1. The first-order valence-corrected chi connectivity index (χ1v) is 9.84. The third-order valence-electron chi connectivity index (χ3n) is 4.18. The molecule has 0 atom stereocenters. The van der Waals surface area contributed by atoms with Gasteiger partial charge in [-0.05, 0) is 40.5 Å². The fraction of sp³-hybridized carbons (Fsp3) is 0.0500. The molecule has 28 heavy (non-hydrogen) atoms. The largest absolute Gasteiger partial charge is 0.326 e. The van der Waals surface area contributed by atoms with Gasteiger partial charge in [0.25, 0.3) is 15.9 Å². The molecular formula is C20H19N3O4S. The van der Waals surface area contributed by atoms with Gasteiger partial charge in [0, 0.05) is 25.0 Å². The van der Waals surface area contributed by atoms with E-state index < -0.39 is 15.9 Å². The molecule has 1 aromatic heterocycles. The molecule has 0 radical (unpaired) electrons. The first kappa shape index (κ1) is 19.6. The zero-order valence-corrected chi connectivity index (χ0v) is 15.6. The highest BCUT2D eigenvalue weighted by Gasteiger charge is 2.21. The van der Waals surface area contributed by atoms with Gasteiger partial charge in [-0.2, -0.15) is 0 Å². The summed E-state index contributed by atoms with van der Waals surface area (Å²) >= 11 is 0. The maximum absolute atomic E-state index is 13.2. The summed E-state index contributed by atoms with van der Waals surface area (Å²) in [6.45, 7) is 0.0777. The van der Waals surface area contributed by atoms with Crippen LogP contribution in [0.5, 0.6) is 0 Å². The minimum Gasteiger partial charge on any atom is -0.326 e. The Morgan fingerprint density at radius 3 is 2.54 bits per heavy atom. The monoisotopic (exact) mass is 397 g/mol. The van der Waals surface area contributed by atoms with Gasteiger partial charge < -0.3 is 5.73 Å². The van der Waals surface area contributed by atoms with Crippen molar-refractivity contribution in [2.24, 2.45) is 5.73 Å². The summed E-state index contributed by atoms with van der Waals surface area (Å²) in [5.41, 5.74) is 9.89. The van der Waals surface area contributed by atoms with Crippen molar-refractivity contribution >= 4 is 22.0 Å². The van der Waals surface area contributed by atoms with Crippen LogP contribution in [0.15, 0.2) is 78.0 Å². The summed E-state index contributed by atoms with van der Waals surface area (Å²) in [7, 11) is -3.88. The molecule has 0 saturated carbocycles. The average molecular weight is 397 g/mol.